The molecule has 1 amide bonds. The monoisotopic (exact) mass is 555 g/mol. The minimum Gasteiger partial charge on any atom is -0.508 e. The number of hydrogen-bond acceptors (Lipinski definition) is 8. The van der Waals surface area contributed by atoms with Crippen LogP contribution in [0.4, 0.5) is 0 Å². The highest BCUT2D eigenvalue weighted by Crippen LogP contribution is 2.44. The van der Waals surface area contributed by atoms with Crippen molar-refractivity contribution in [3.05, 3.63) is 52.2 Å². The van der Waals surface area contributed by atoms with Crippen molar-refractivity contribution >= 4 is 15.7 Å². The van der Waals surface area contributed by atoms with Crippen LogP contribution in [-0.2, 0) is 22.8 Å². The fraction of sp³-hybridized carbons (Fsp3) is 0.448. The number of aromatic hydroxyl groups is 2. The van der Waals surface area contributed by atoms with Gasteiger partial charge in [-0.15, -0.1) is 0 Å². The summed E-state index contributed by atoms with van der Waals surface area (Å²) in [6.07, 6.45) is 0.730. The van der Waals surface area contributed by atoms with Crippen LogP contribution >= 0.6 is 0 Å². The van der Waals surface area contributed by atoms with E-state index in [1.807, 2.05) is 33.8 Å². The van der Waals surface area contributed by atoms with Crippen LogP contribution < -0.4 is 5.32 Å². The average Bonchev–Trinajstić information content (AvgIpc) is 3.31. The number of nitrogens with one attached hydrogen (secondary N) is 1. The second kappa shape index (κ2) is 11.4. The number of carbonyl (C=O) groups excluding carboxylic acids is 1. The SMILES string of the molecule is CCNC(=O)c1noc(-c2cc(C(C)C)c(O)cc2O)c1-c1cc2c(cc1C)CN(CCS(=O)(=O)CC)CC2. The highest BCUT2D eigenvalue weighted by atomic mass is 32.2. The van der Waals surface area contributed by atoms with Gasteiger partial charge in [0.2, 0.25) is 0 Å². The summed E-state index contributed by atoms with van der Waals surface area (Å²) in [5.74, 6) is -0.0536. The molecule has 2 heterocycles. The van der Waals surface area contributed by atoms with Gasteiger partial charge in [-0.05, 0) is 60.1 Å². The molecular weight excluding hydrogens is 518 g/mol. The molecule has 0 fully saturated rings. The average molecular weight is 556 g/mol. The highest BCUT2D eigenvalue weighted by molar-refractivity contribution is 7.91. The van der Waals surface area contributed by atoms with Crippen molar-refractivity contribution in [2.24, 2.45) is 0 Å². The number of aryl methyl sites for hydroxylation is 1. The molecule has 210 valence electrons. The highest BCUT2D eigenvalue weighted by Gasteiger charge is 2.29. The van der Waals surface area contributed by atoms with Crippen LogP contribution in [-0.4, -0.2) is 65.7 Å². The third-order valence-corrected chi connectivity index (χ3v) is 9.01. The number of nitrogens with zero attached hydrogens (tertiary/aromatic N) is 2. The smallest absolute Gasteiger partial charge is 0.274 e. The van der Waals surface area contributed by atoms with Crippen molar-refractivity contribution in [3.63, 3.8) is 0 Å². The molecule has 0 spiro atoms. The zero-order valence-corrected chi connectivity index (χ0v) is 24.0. The Morgan fingerprint density at radius 3 is 2.51 bits per heavy atom. The van der Waals surface area contributed by atoms with Gasteiger partial charge in [-0.25, -0.2) is 8.42 Å². The number of fused-ring (bicyclic) bond motifs is 1. The molecule has 4 rings (SSSR count). The third kappa shape index (κ3) is 5.96. The molecule has 39 heavy (non-hydrogen) atoms. The quantitative estimate of drug-likeness (QED) is 0.354. The van der Waals surface area contributed by atoms with E-state index in [-0.39, 0.29) is 46.3 Å². The first-order valence-corrected chi connectivity index (χ1v) is 15.2. The van der Waals surface area contributed by atoms with Crippen molar-refractivity contribution in [2.75, 3.05) is 31.1 Å². The number of rotatable bonds is 9. The summed E-state index contributed by atoms with van der Waals surface area (Å²) in [4.78, 5) is 15.2. The number of amides is 1. The van der Waals surface area contributed by atoms with Crippen molar-refractivity contribution in [1.29, 1.82) is 0 Å². The fourth-order valence-corrected chi connectivity index (χ4v) is 5.85. The van der Waals surface area contributed by atoms with Crippen molar-refractivity contribution in [1.82, 2.24) is 15.4 Å². The molecule has 1 aromatic heterocycles. The minimum atomic E-state index is -3.04. The lowest BCUT2D eigenvalue weighted by atomic mass is 9.88. The van der Waals surface area contributed by atoms with E-state index >= 15 is 0 Å². The summed E-state index contributed by atoms with van der Waals surface area (Å²) in [5.41, 5.74) is 5.47. The van der Waals surface area contributed by atoms with Crippen molar-refractivity contribution < 1.29 is 27.9 Å². The van der Waals surface area contributed by atoms with E-state index in [9.17, 15) is 23.4 Å². The maximum atomic E-state index is 13.0. The molecule has 9 nitrogen and oxygen atoms in total. The molecule has 2 aromatic carbocycles. The molecule has 10 heteroatoms. The molecule has 3 N–H and O–H groups in total. The first-order valence-electron chi connectivity index (χ1n) is 13.3. The van der Waals surface area contributed by atoms with Crippen LogP contribution in [0.2, 0.25) is 0 Å². The van der Waals surface area contributed by atoms with Crippen LogP contribution in [0.5, 0.6) is 11.5 Å². The Morgan fingerprint density at radius 1 is 1.10 bits per heavy atom. The summed E-state index contributed by atoms with van der Waals surface area (Å²) in [6.45, 7) is 11.6. The maximum absolute atomic E-state index is 13.0. The first kappa shape index (κ1) is 28.6. The van der Waals surface area contributed by atoms with Crippen molar-refractivity contribution in [2.45, 2.75) is 53.5 Å². The van der Waals surface area contributed by atoms with Gasteiger partial charge in [-0.2, -0.15) is 0 Å². The standard InChI is InChI=1S/C29H37N3O6S/c1-6-30-29(35)27-26(28(38-31-27)23-14-21(17(3)4)24(33)15-25(23)34)22-13-19-8-9-32(10-11-39(36,37)7-2)16-20(19)12-18(22)5/h12-15,17,33-34H,6-11,16H2,1-5H3,(H,30,35). The number of aromatic nitrogens is 1. The van der Waals surface area contributed by atoms with E-state index in [1.165, 1.54) is 6.07 Å². The Hall–Kier alpha value is -3.37. The van der Waals surface area contributed by atoms with E-state index in [2.05, 4.69) is 21.4 Å². The normalized spacial score (nSPS) is 14.0. The largest absolute Gasteiger partial charge is 0.508 e. The van der Waals surface area contributed by atoms with Gasteiger partial charge in [0.15, 0.2) is 21.3 Å². The Kier molecular flexibility index (Phi) is 8.37. The van der Waals surface area contributed by atoms with Gasteiger partial charge in [0, 0.05) is 38.0 Å². The van der Waals surface area contributed by atoms with E-state index in [1.54, 1.807) is 13.0 Å². The van der Waals surface area contributed by atoms with Crippen LogP contribution in [0.1, 0.15) is 66.4 Å². The van der Waals surface area contributed by atoms with Crippen LogP contribution in [0.3, 0.4) is 0 Å². The fourth-order valence-electron chi connectivity index (χ4n) is 5.03. The van der Waals surface area contributed by atoms with Gasteiger partial charge < -0.3 is 20.1 Å². The Balaban J connectivity index is 1.80. The number of phenolic OH excluding ortho intramolecular Hbond substituents is 2. The molecule has 3 aromatic rings. The Morgan fingerprint density at radius 2 is 1.85 bits per heavy atom. The van der Waals surface area contributed by atoms with E-state index < -0.39 is 9.84 Å². The lowest BCUT2D eigenvalue weighted by Crippen LogP contribution is -2.34. The van der Waals surface area contributed by atoms with Gasteiger partial charge in [-0.3, -0.25) is 9.69 Å². The molecular formula is C29H37N3O6S. The van der Waals surface area contributed by atoms with Crippen molar-refractivity contribution in [3.8, 4) is 33.9 Å². The van der Waals surface area contributed by atoms with Gasteiger partial charge in [-0.1, -0.05) is 38.1 Å². The van der Waals surface area contributed by atoms with E-state index in [4.69, 9.17) is 4.52 Å². The van der Waals surface area contributed by atoms with E-state index in [0.717, 1.165) is 35.2 Å². The summed E-state index contributed by atoms with van der Waals surface area (Å²) in [7, 11) is -3.04. The number of hydrogen-bond donors (Lipinski definition) is 3. The summed E-state index contributed by atoms with van der Waals surface area (Å²) in [5, 5.41) is 28.1. The van der Waals surface area contributed by atoms with Crippen LogP contribution in [0.25, 0.3) is 22.5 Å². The summed E-state index contributed by atoms with van der Waals surface area (Å²) >= 11 is 0. The molecule has 0 saturated carbocycles. The lowest BCUT2D eigenvalue weighted by molar-refractivity contribution is 0.0947. The second-order valence-corrected chi connectivity index (χ2v) is 12.8. The number of sulfone groups is 1. The topological polar surface area (TPSA) is 133 Å². The Bertz CT molecular complexity index is 1490. The zero-order chi connectivity index (χ0) is 28.5. The van der Waals surface area contributed by atoms with E-state index in [0.29, 0.717) is 36.3 Å². The molecule has 0 radical (unpaired) electrons. The predicted octanol–water partition coefficient (Wildman–Crippen LogP) is 4.39. The number of benzene rings is 2. The number of carbonyl (C=O) groups is 1. The maximum Gasteiger partial charge on any atom is 0.274 e. The molecule has 1 aliphatic rings. The Labute approximate surface area is 229 Å². The molecule has 0 atom stereocenters. The number of phenols is 2. The molecule has 0 bridgehead atoms. The molecule has 1 aliphatic heterocycles. The summed E-state index contributed by atoms with van der Waals surface area (Å²) in [6, 6.07) is 7.08. The molecule has 0 aliphatic carbocycles. The van der Waals surface area contributed by atoms with Gasteiger partial charge in [0.25, 0.3) is 5.91 Å². The molecule has 0 unspecified atom stereocenters. The zero-order valence-electron chi connectivity index (χ0n) is 23.2. The minimum absolute atomic E-state index is 0.0145. The van der Waals surface area contributed by atoms with Crippen LogP contribution in [0, 0.1) is 6.92 Å². The predicted molar refractivity (Wildman–Crippen MR) is 151 cm³/mol. The van der Waals surface area contributed by atoms with Gasteiger partial charge in [0.05, 0.1) is 16.9 Å². The lowest BCUT2D eigenvalue weighted by Gasteiger charge is -2.29. The third-order valence-electron chi connectivity index (χ3n) is 7.32. The van der Waals surface area contributed by atoms with Gasteiger partial charge >= 0.3 is 0 Å². The second-order valence-electron chi connectivity index (χ2n) is 10.4. The summed E-state index contributed by atoms with van der Waals surface area (Å²) < 4.78 is 29.7. The molecule has 0 saturated heterocycles. The van der Waals surface area contributed by atoms with Gasteiger partial charge in [0.1, 0.15) is 11.5 Å². The van der Waals surface area contributed by atoms with Crippen LogP contribution in [0.15, 0.2) is 28.8 Å². The first-order chi connectivity index (χ1) is 18.5.